The first-order chi connectivity index (χ1) is 14.9. The Morgan fingerprint density at radius 3 is 2.35 bits per heavy atom. The molecule has 1 heterocycles. The fourth-order valence-electron chi connectivity index (χ4n) is 3.18. The molecular formula is C23H19FN2O3S2. The minimum absolute atomic E-state index is 0.0292. The van der Waals surface area contributed by atoms with Crippen molar-refractivity contribution in [1.29, 1.82) is 0 Å². The summed E-state index contributed by atoms with van der Waals surface area (Å²) in [7, 11) is -3.98. The van der Waals surface area contributed by atoms with E-state index in [0.717, 1.165) is 22.2 Å². The number of nitrogens with zero attached hydrogens (tertiary/aromatic N) is 2. The van der Waals surface area contributed by atoms with Crippen molar-refractivity contribution in [2.75, 3.05) is 0 Å². The van der Waals surface area contributed by atoms with Crippen LogP contribution in [0.3, 0.4) is 0 Å². The molecule has 0 spiro atoms. The summed E-state index contributed by atoms with van der Waals surface area (Å²) in [5.74, 6) is -0.570. The van der Waals surface area contributed by atoms with Crippen molar-refractivity contribution >= 4 is 21.4 Å². The molecule has 4 rings (SSSR count). The molecule has 0 fully saturated rings. The molecule has 5 nitrogen and oxygen atoms in total. The molecule has 0 radical (unpaired) electrons. The number of thiazole rings is 1. The standard InChI is InChI=1S/C23H19FN2O3S2/c24-20-4-2-6-22(14-20)31(28,29)26(16-18-3-1-5-21(27)13-18)15-17-7-9-19(10-8-17)23-25-11-12-30-23/h1-14,27H,15-16H2. The maximum absolute atomic E-state index is 13.7. The van der Waals surface area contributed by atoms with Crippen LogP contribution in [-0.4, -0.2) is 22.8 Å². The summed E-state index contributed by atoms with van der Waals surface area (Å²) in [6.07, 6.45) is 1.73. The number of aromatic hydroxyl groups is 1. The van der Waals surface area contributed by atoms with Crippen LogP contribution in [0.2, 0.25) is 0 Å². The monoisotopic (exact) mass is 454 g/mol. The summed E-state index contributed by atoms with van der Waals surface area (Å²) >= 11 is 1.53. The lowest BCUT2D eigenvalue weighted by atomic mass is 10.1. The fraction of sp³-hybridized carbons (Fsp3) is 0.0870. The second kappa shape index (κ2) is 8.97. The number of phenolic OH excluding ortho intramolecular Hbond substituents is 1. The van der Waals surface area contributed by atoms with Gasteiger partial charge in [-0.15, -0.1) is 11.3 Å². The van der Waals surface area contributed by atoms with Crippen LogP contribution in [0.15, 0.2) is 89.3 Å². The Bertz CT molecular complexity index is 1270. The van der Waals surface area contributed by atoms with Crippen LogP contribution in [0.25, 0.3) is 10.6 Å². The Kier molecular flexibility index (Phi) is 6.13. The van der Waals surface area contributed by atoms with Crippen molar-refractivity contribution in [1.82, 2.24) is 9.29 Å². The van der Waals surface area contributed by atoms with Gasteiger partial charge in [-0.1, -0.05) is 42.5 Å². The third kappa shape index (κ3) is 4.99. The Hall–Kier alpha value is -3.07. The first kappa shape index (κ1) is 21.2. The van der Waals surface area contributed by atoms with E-state index < -0.39 is 15.8 Å². The molecule has 0 saturated heterocycles. The molecule has 0 aliphatic carbocycles. The largest absolute Gasteiger partial charge is 0.508 e. The molecule has 0 aliphatic heterocycles. The predicted molar refractivity (Wildman–Crippen MR) is 118 cm³/mol. The molecule has 1 aromatic heterocycles. The Morgan fingerprint density at radius 2 is 1.68 bits per heavy atom. The summed E-state index contributed by atoms with van der Waals surface area (Å²) in [5, 5.41) is 12.5. The van der Waals surface area contributed by atoms with E-state index in [-0.39, 0.29) is 23.7 Å². The first-order valence-corrected chi connectivity index (χ1v) is 11.8. The smallest absolute Gasteiger partial charge is 0.243 e. The molecule has 0 unspecified atom stereocenters. The van der Waals surface area contributed by atoms with Crippen LogP contribution >= 0.6 is 11.3 Å². The molecular weight excluding hydrogens is 435 g/mol. The zero-order valence-corrected chi connectivity index (χ0v) is 18.0. The summed E-state index contributed by atoms with van der Waals surface area (Å²) in [4.78, 5) is 4.16. The van der Waals surface area contributed by atoms with Gasteiger partial charge in [0.2, 0.25) is 10.0 Å². The van der Waals surface area contributed by atoms with Gasteiger partial charge in [0.1, 0.15) is 16.6 Å². The van der Waals surface area contributed by atoms with Gasteiger partial charge >= 0.3 is 0 Å². The van der Waals surface area contributed by atoms with Crippen LogP contribution in [0.5, 0.6) is 5.75 Å². The van der Waals surface area contributed by atoms with Gasteiger partial charge in [-0.3, -0.25) is 0 Å². The summed E-state index contributed by atoms with van der Waals surface area (Å²) in [6, 6.07) is 18.9. The third-order valence-corrected chi connectivity index (χ3v) is 7.31. The number of sulfonamides is 1. The van der Waals surface area contributed by atoms with Crippen LogP contribution in [0.1, 0.15) is 11.1 Å². The van der Waals surface area contributed by atoms with Crippen LogP contribution in [0, 0.1) is 5.82 Å². The number of rotatable bonds is 7. The quantitative estimate of drug-likeness (QED) is 0.424. The number of benzene rings is 3. The van der Waals surface area contributed by atoms with Crippen molar-refractivity contribution in [2.24, 2.45) is 0 Å². The minimum atomic E-state index is -3.98. The van der Waals surface area contributed by atoms with E-state index in [1.165, 1.54) is 46.0 Å². The SMILES string of the molecule is O=S(=O)(c1cccc(F)c1)N(Cc1ccc(-c2nccs2)cc1)Cc1cccc(O)c1. The summed E-state index contributed by atoms with van der Waals surface area (Å²) in [6.45, 7) is 0.119. The highest BCUT2D eigenvalue weighted by molar-refractivity contribution is 7.89. The number of hydrogen-bond acceptors (Lipinski definition) is 5. The molecule has 158 valence electrons. The van der Waals surface area contributed by atoms with Crippen molar-refractivity contribution in [3.8, 4) is 16.3 Å². The lowest BCUT2D eigenvalue weighted by molar-refractivity contribution is 0.399. The average molecular weight is 455 g/mol. The van der Waals surface area contributed by atoms with Crippen LogP contribution < -0.4 is 0 Å². The minimum Gasteiger partial charge on any atom is -0.508 e. The van der Waals surface area contributed by atoms with Gasteiger partial charge in [0, 0.05) is 30.2 Å². The third-order valence-electron chi connectivity index (χ3n) is 4.70. The van der Waals surface area contributed by atoms with E-state index in [1.54, 1.807) is 18.3 Å². The van der Waals surface area contributed by atoms with E-state index in [2.05, 4.69) is 4.98 Å². The fourth-order valence-corrected chi connectivity index (χ4v) is 5.28. The van der Waals surface area contributed by atoms with Gasteiger partial charge < -0.3 is 5.11 Å². The number of halogens is 1. The van der Waals surface area contributed by atoms with E-state index in [0.29, 0.717) is 5.56 Å². The Morgan fingerprint density at radius 1 is 0.935 bits per heavy atom. The van der Waals surface area contributed by atoms with Gasteiger partial charge in [-0.2, -0.15) is 4.31 Å². The molecule has 1 N–H and O–H groups in total. The Labute approximate surface area is 184 Å². The van der Waals surface area contributed by atoms with Crippen LogP contribution in [0.4, 0.5) is 4.39 Å². The molecule has 8 heteroatoms. The molecule has 0 saturated carbocycles. The predicted octanol–water partition coefficient (Wildman–Crippen LogP) is 5.05. The average Bonchev–Trinajstić information content (AvgIpc) is 3.29. The highest BCUT2D eigenvalue weighted by Gasteiger charge is 2.25. The highest BCUT2D eigenvalue weighted by atomic mass is 32.2. The maximum Gasteiger partial charge on any atom is 0.243 e. The second-order valence-electron chi connectivity index (χ2n) is 6.93. The van der Waals surface area contributed by atoms with Gasteiger partial charge in [0.25, 0.3) is 0 Å². The second-order valence-corrected chi connectivity index (χ2v) is 9.77. The van der Waals surface area contributed by atoms with Crippen molar-refractivity contribution in [3.05, 3.63) is 101 Å². The zero-order chi connectivity index (χ0) is 21.8. The van der Waals surface area contributed by atoms with Crippen molar-refractivity contribution in [3.63, 3.8) is 0 Å². The number of aromatic nitrogens is 1. The van der Waals surface area contributed by atoms with E-state index >= 15 is 0 Å². The molecule has 31 heavy (non-hydrogen) atoms. The van der Waals surface area contributed by atoms with Gasteiger partial charge in [-0.25, -0.2) is 17.8 Å². The Balaban J connectivity index is 1.66. The molecule has 0 amide bonds. The topological polar surface area (TPSA) is 70.5 Å². The van der Waals surface area contributed by atoms with E-state index in [9.17, 15) is 17.9 Å². The van der Waals surface area contributed by atoms with Crippen molar-refractivity contribution in [2.45, 2.75) is 18.0 Å². The number of phenols is 1. The van der Waals surface area contributed by atoms with Gasteiger partial charge in [0.05, 0.1) is 4.90 Å². The molecule has 0 aliphatic rings. The normalized spacial score (nSPS) is 11.7. The van der Waals surface area contributed by atoms with Gasteiger partial charge in [0.15, 0.2) is 0 Å². The molecule has 3 aromatic carbocycles. The van der Waals surface area contributed by atoms with E-state index in [1.807, 2.05) is 29.6 Å². The summed E-state index contributed by atoms with van der Waals surface area (Å²) in [5.41, 5.74) is 2.35. The van der Waals surface area contributed by atoms with Gasteiger partial charge in [-0.05, 0) is 41.5 Å². The summed E-state index contributed by atoms with van der Waals surface area (Å²) < 4.78 is 41.6. The lowest BCUT2D eigenvalue weighted by Gasteiger charge is -2.23. The highest BCUT2D eigenvalue weighted by Crippen LogP contribution is 2.25. The molecule has 0 atom stereocenters. The molecule has 0 bridgehead atoms. The number of hydrogen-bond donors (Lipinski definition) is 1. The molecule has 4 aromatic rings. The maximum atomic E-state index is 13.7. The van der Waals surface area contributed by atoms with Crippen LogP contribution in [-0.2, 0) is 23.1 Å². The zero-order valence-electron chi connectivity index (χ0n) is 16.3. The van der Waals surface area contributed by atoms with E-state index in [4.69, 9.17) is 0 Å². The lowest BCUT2D eigenvalue weighted by Crippen LogP contribution is -2.30. The first-order valence-electron chi connectivity index (χ1n) is 9.44. The van der Waals surface area contributed by atoms with Crippen molar-refractivity contribution < 1.29 is 17.9 Å².